The summed E-state index contributed by atoms with van der Waals surface area (Å²) in [5.74, 6) is 0.216. The summed E-state index contributed by atoms with van der Waals surface area (Å²) < 4.78 is 35.1. The Morgan fingerprint density at radius 3 is 2.09 bits per heavy atom. The molecule has 0 heterocycles. The number of amides is 2. The normalized spacial score (nSPS) is 12.0. The number of carbonyl (C=O) groups excluding carboxylic acids is 2. The Bertz CT molecular complexity index is 1680. The van der Waals surface area contributed by atoms with Crippen LogP contribution in [0.1, 0.15) is 31.9 Å². The van der Waals surface area contributed by atoms with Crippen LogP contribution in [0.15, 0.2) is 108 Å². The Hall–Kier alpha value is -4.34. The first kappa shape index (κ1) is 32.6. The number of hydrogen-bond acceptors (Lipinski definition) is 5. The molecule has 44 heavy (non-hydrogen) atoms. The third-order valence-electron chi connectivity index (χ3n) is 6.83. The van der Waals surface area contributed by atoms with Crippen molar-refractivity contribution in [2.45, 2.75) is 51.2 Å². The molecule has 10 heteroatoms. The molecule has 0 fully saturated rings. The maximum absolute atomic E-state index is 14.1. The SMILES string of the molecule is Cc1ccc(S(=O)(=O)N(CC(=O)N(Cc2cccc(Cl)c2)[C@H](C)C(=O)NC(C)C)c2ccc(Oc3ccccc3)cc2)cc1. The summed E-state index contributed by atoms with van der Waals surface area (Å²) in [6, 6.07) is 28.0. The number of halogens is 1. The number of ether oxygens (including phenoxy) is 1. The minimum atomic E-state index is -4.19. The highest BCUT2D eigenvalue weighted by molar-refractivity contribution is 7.92. The molecule has 0 bridgehead atoms. The van der Waals surface area contributed by atoms with Gasteiger partial charge in [-0.05, 0) is 93.9 Å². The van der Waals surface area contributed by atoms with Crippen LogP contribution in [0.3, 0.4) is 0 Å². The van der Waals surface area contributed by atoms with E-state index in [1.807, 2.05) is 51.1 Å². The first-order chi connectivity index (χ1) is 20.9. The van der Waals surface area contributed by atoms with Gasteiger partial charge in [-0.2, -0.15) is 0 Å². The van der Waals surface area contributed by atoms with Crippen molar-refractivity contribution in [3.63, 3.8) is 0 Å². The van der Waals surface area contributed by atoms with Gasteiger partial charge in [-0.3, -0.25) is 13.9 Å². The number of anilines is 1. The van der Waals surface area contributed by atoms with Crippen molar-refractivity contribution in [1.82, 2.24) is 10.2 Å². The molecule has 0 aliphatic carbocycles. The van der Waals surface area contributed by atoms with E-state index < -0.39 is 28.5 Å². The zero-order valence-electron chi connectivity index (χ0n) is 25.1. The maximum Gasteiger partial charge on any atom is 0.264 e. The second kappa shape index (κ2) is 14.4. The molecule has 8 nitrogen and oxygen atoms in total. The number of benzene rings is 4. The zero-order chi connectivity index (χ0) is 31.9. The van der Waals surface area contributed by atoms with Gasteiger partial charge < -0.3 is 15.0 Å². The molecule has 0 aliphatic heterocycles. The molecule has 0 unspecified atom stereocenters. The lowest BCUT2D eigenvalue weighted by Gasteiger charge is -2.32. The molecule has 0 radical (unpaired) electrons. The molecule has 1 N–H and O–H groups in total. The predicted octanol–water partition coefficient (Wildman–Crippen LogP) is 6.58. The van der Waals surface area contributed by atoms with Gasteiger partial charge in [0, 0.05) is 17.6 Å². The fraction of sp³-hybridized carbons (Fsp3) is 0.235. The Balaban J connectivity index is 1.71. The van der Waals surface area contributed by atoms with E-state index >= 15 is 0 Å². The molecule has 4 aromatic carbocycles. The quantitative estimate of drug-likeness (QED) is 0.190. The fourth-order valence-corrected chi connectivity index (χ4v) is 6.12. The van der Waals surface area contributed by atoms with Gasteiger partial charge in [0.05, 0.1) is 10.6 Å². The molecule has 0 spiro atoms. The monoisotopic (exact) mass is 633 g/mol. The summed E-state index contributed by atoms with van der Waals surface area (Å²) in [4.78, 5) is 28.5. The summed E-state index contributed by atoms with van der Waals surface area (Å²) in [7, 11) is -4.19. The van der Waals surface area contributed by atoms with E-state index in [0.717, 1.165) is 9.87 Å². The van der Waals surface area contributed by atoms with Gasteiger partial charge in [-0.1, -0.05) is 59.6 Å². The molecule has 0 aromatic heterocycles. The van der Waals surface area contributed by atoms with Gasteiger partial charge in [0.2, 0.25) is 11.8 Å². The number of rotatable bonds is 12. The van der Waals surface area contributed by atoms with Crippen molar-refractivity contribution in [1.29, 1.82) is 0 Å². The van der Waals surface area contributed by atoms with E-state index in [9.17, 15) is 18.0 Å². The van der Waals surface area contributed by atoms with Crippen LogP contribution in [0.2, 0.25) is 5.02 Å². The van der Waals surface area contributed by atoms with Crippen molar-refractivity contribution in [3.8, 4) is 11.5 Å². The van der Waals surface area contributed by atoms with Gasteiger partial charge in [0.15, 0.2) is 0 Å². The molecule has 2 amide bonds. The summed E-state index contributed by atoms with van der Waals surface area (Å²) in [6.45, 7) is 6.64. The summed E-state index contributed by atoms with van der Waals surface area (Å²) in [5, 5.41) is 3.32. The first-order valence-corrected chi connectivity index (χ1v) is 16.0. The first-order valence-electron chi connectivity index (χ1n) is 14.2. The number of carbonyl (C=O) groups is 2. The average molecular weight is 634 g/mol. The number of aryl methyl sites for hydroxylation is 1. The highest BCUT2D eigenvalue weighted by Crippen LogP contribution is 2.29. The highest BCUT2D eigenvalue weighted by atomic mass is 35.5. The second-order valence-electron chi connectivity index (χ2n) is 10.7. The smallest absolute Gasteiger partial charge is 0.264 e. The molecule has 230 valence electrons. The Labute approximate surface area is 264 Å². The molecular formula is C34H36ClN3O5S. The van der Waals surface area contributed by atoms with Crippen LogP contribution in [0, 0.1) is 6.92 Å². The Kier molecular flexibility index (Phi) is 10.7. The van der Waals surface area contributed by atoms with E-state index in [2.05, 4.69) is 5.32 Å². The third-order valence-corrected chi connectivity index (χ3v) is 8.85. The predicted molar refractivity (Wildman–Crippen MR) is 173 cm³/mol. The lowest BCUT2D eigenvalue weighted by atomic mass is 10.1. The van der Waals surface area contributed by atoms with Crippen LogP contribution < -0.4 is 14.4 Å². The van der Waals surface area contributed by atoms with Crippen LogP contribution >= 0.6 is 11.6 Å². The lowest BCUT2D eigenvalue weighted by Crippen LogP contribution is -2.52. The van der Waals surface area contributed by atoms with Gasteiger partial charge in [-0.25, -0.2) is 8.42 Å². The van der Waals surface area contributed by atoms with E-state index in [-0.39, 0.29) is 29.1 Å². The fourth-order valence-electron chi connectivity index (χ4n) is 4.49. The molecule has 0 saturated heterocycles. The number of nitrogens with one attached hydrogen (secondary N) is 1. The van der Waals surface area contributed by atoms with Crippen LogP contribution in [-0.2, 0) is 26.2 Å². The van der Waals surface area contributed by atoms with Gasteiger partial charge in [0.25, 0.3) is 10.0 Å². The molecule has 4 aromatic rings. The molecule has 0 aliphatic rings. The number of nitrogens with zero attached hydrogens (tertiary/aromatic N) is 2. The molecule has 0 saturated carbocycles. The third kappa shape index (κ3) is 8.39. The number of hydrogen-bond donors (Lipinski definition) is 1. The van der Waals surface area contributed by atoms with Gasteiger partial charge >= 0.3 is 0 Å². The highest BCUT2D eigenvalue weighted by Gasteiger charge is 2.32. The largest absolute Gasteiger partial charge is 0.457 e. The Morgan fingerprint density at radius 2 is 1.48 bits per heavy atom. The van der Waals surface area contributed by atoms with Crippen molar-refractivity contribution in [2.75, 3.05) is 10.8 Å². The molecule has 4 rings (SSSR count). The standard InChI is InChI=1S/C34H36ClN3O5S/c1-24(2)36-34(40)26(4)37(22-27-9-8-10-28(35)21-27)33(39)23-38(44(41,42)32-19-13-25(3)14-20-32)29-15-17-31(18-16-29)43-30-11-6-5-7-12-30/h5-21,24,26H,22-23H2,1-4H3,(H,36,40)/t26-/m1/s1. The van der Waals surface area contributed by atoms with Crippen molar-refractivity contribution >= 4 is 39.1 Å². The van der Waals surface area contributed by atoms with Crippen molar-refractivity contribution in [2.24, 2.45) is 0 Å². The van der Waals surface area contributed by atoms with Crippen LogP contribution in [-0.4, -0.2) is 43.8 Å². The second-order valence-corrected chi connectivity index (χ2v) is 13.0. The zero-order valence-corrected chi connectivity index (χ0v) is 26.7. The number of sulfonamides is 1. The van der Waals surface area contributed by atoms with Gasteiger partial charge in [-0.15, -0.1) is 0 Å². The molecular weight excluding hydrogens is 598 g/mol. The maximum atomic E-state index is 14.1. The van der Waals surface area contributed by atoms with Crippen LogP contribution in [0.25, 0.3) is 0 Å². The summed E-state index contributed by atoms with van der Waals surface area (Å²) >= 11 is 6.21. The lowest BCUT2D eigenvalue weighted by molar-refractivity contribution is -0.139. The average Bonchev–Trinajstić information content (AvgIpc) is 2.99. The van der Waals surface area contributed by atoms with E-state index in [1.165, 1.54) is 17.0 Å². The van der Waals surface area contributed by atoms with Crippen molar-refractivity contribution < 1.29 is 22.7 Å². The summed E-state index contributed by atoms with van der Waals surface area (Å²) in [6.07, 6.45) is 0. The van der Waals surface area contributed by atoms with E-state index in [4.69, 9.17) is 16.3 Å². The Morgan fingerprint density at radius 1 is 0.841 bits per heavy atom. The van der Waals surface area contributed by atoms with Gasteiger partial charge in [0.1, 0.15) is 24.1 Å². The topological polar surface area (TPSA) is 96.0 Å². The summed E-state index contributed by atoms with van der Waals surface area (Å²) in [5.41, 5.74) is 1.86. The molecule has 1 atom stereocenters. The van der Waals surface area contributed by atoms with E-state index in [0.29, 0.717) is 22.1 Å². The minimum absolute atomic E-state index is 0.0347. The van der Waals surface area contributed by atoms with E-state index in [1.54, 1.807) is 67.6 Å². The van der Waals surface area contributed by atoms with Crippen molar-refractivity contribution in [3.05, 3.63) is 119 Å². The van der Waals surface area contributed by atoms with Crippen LogP contribution in [0.4, 0.5) is 5.69 Å². The van der Waals surface area contributed by atoms with Crippen LogP contribution in [0.5, 0.6) is 11.5 Å². The minimum Gasteiger partial charge on any atom is -0.457 e. The number of para-hydroxylation sites is 1.